The number of nitrogens with zero attached hydrogens (tertiary/aromatic N) is 1. The average molecular weight is 234 g/mol. The Morgan fingerprint density at radius 1 is 1.29 bits per heavy atom. The largest absolute Gasteiger partial charge is 0.508 e. The molecule has 0 atom stereocenters. The Kier molecular flexibility index (Phi) is 3.89. The minimum atomic E-state index is 0.439. The maximum Gasteiger partial charge on any atom is 0.118 e. The average Bonchev–Trinajstić information content (AvgIpc) is 2.33. The van der Waals surface area contributed by atoms with Crippen LogP contribution < -0.4 is 10.2 Å². The zero-order valence-electron chi connectivity index (χ0n) is 10.7. The Bertz CT molecular complexity index is 370. The molecule has 0 spiro atoms. The van der Waals surface area contributed by atoms with Gasteiger partial charge in [0.05, 0.1) is 0 Å². The molecular weight excluding hydrogens is 212 g/mol. The van der Waals surface area contributed by atoms with Gasteiger partial charge in [-0.05, 0) is 62.0 Å². The van der Waals surface area contributed by atoms with Gasteiger partial charge in [0, 0.05) is 19.8 Å². The normalized spacial score (nSPS) is 17.1. The van der Waals surface area contributed by atoms with Crippen molar-refractivity contribution in [3.8, 4) is 5.75 Å². The van der Waals surface area contributed by atoms with E-state index in [4.69, 9.17) is 0 Å². The Morgan fingerprint density at radius 2 is 2.00 bits per heavy atom. The first kappa shape index (κ1) is 12.2. The predicted octanol–water partition coefficient (Wildman–Crippen LogP) is 2.00. The molecule has 94 valence electrons. The van der Waals surface area contributed by atoms with Gasteiger partial charge in [-0.1, -0.05) is 0 Å². The van der Waals surface area contributed by atoms with Gasteiger partial charge < -0.3 is 15.3 Å². The van der Waals surface area contributed by atoms with Crippen LogP contribution in [0.15, 0.2) is 18.2 Å². The second-order valence-electron chi connectivity index (χ2n) is 5.10. The minimum Gasteiger partial charge on any atom is -0.508 e. The summed E-state index contributed by atoms with van der Waals surface area (Å²) in [6.07, 6.45) is 3.42. The van der Waals surface area contributed by atoms with Gasteiger partial charge in [-0.2, -0.15) is 0 Å². The maximum absolute atomic E-state index is 9.91. The molecule has 0 unspecified atom stereocenters. The summed E-state index contributed by atoms with van der Waals surface area (Å²) in [6, 6.07) is 5.88. The van der Waals surface area contributed by atoms with Crippen LogP contribution in [-0.2, 0) is 6.42 Å². The minimum absolute atomic E-state index is 0.439. The molecule has 1 aromatic carbocycles. The summed E-state index contributed by atoms with van der Waals surface area (Å²) in [6.45, 7) is 2.22. The van der Waals surface area contributed by atoms with Crippen molar-refractivity contribution >= 4 is 5.69 Å². The number of rotatable bonds is 3. The summed E-state index contributed by atoms with van der Waals surface area (Å²) in [5, 5.41) is 13.3. The van der Waals surface area contributed by atoms with Crippen LogP contribution in [0, 0.1) is 5.92 Å². The summed E-state index contributed by atoms with van der Waals surface area (Å²) >= 11 is 0. The SMILES string of the molecule is CN(C)c1ccc(O)c(CC2CCNCC2)c1. The number of phenols is 1. The predicted molar refractivity (Wildman–Crippen MR) is 71.7 cm³/mol. The molecule has 0 bridgehead atoms. The van der Waals surface area contributed by atoms with Crippen molar-refractivity contribution in [2.24, 2.45) is 5.92 Å². The van der Waals surface area contributed by atoms with Gasteiger partial charge >= 0.3 is 0 Å². The molecule has 0 saturated carbocycles. The Hall–Kier alpha value is -1.22. The van der Waals surface area contributed by atoms with Crippen LogP contribution in [0.1, 0.15) is 18.4 Å². The lowest BCUT2D eigenvalue weighted by Crippen LogP contribution is -2.28. The molecule has 1 saturated heterocycles. The lowest BCUT2D eigenvalue weighted by molar-refractivity contribution is 0.366. The highest BCUT2D eigenvalue weighted by Gasteiger charge is 2.15. The molecule has 1 heterocycles. The molecule has 3 heteroatoms. The molecule has 0 amide bonds. The third-order valence-electron chi connectivity index (χ3n) is 3.55. The number of piperidine rings is 1. The highest BCUT2D eigenvalue weighted by molar-refractivity contribution is 5.51. The number of aromatic hydroxyl groups is 1. The van der Waals surface area contributed by atoms with Gasteiger partial charge in [0.2, 0.25) is 0 Å². The Balaban J connectivity index is 2.10. The topological polar surface area (TPSA) is 35.5 Å². The van der Waals surface area contributed by atoms with Crippen molar-refractivity contribution in [2.75, 3.05) is 32.1 Å². The molecule has 0 aliphatic carbocycles. The highest BCUT2D eigenvalue weighted by atomic mass is 16.3. The molecule has 1 fully saturated rings. The van der Waals surface area contributed by atoms with Crippen LogP contribution in [0.3, 0.4) is 0 Å². The van der Waals surface area contributed by atoms with E-state index in [1.165, 1.54) is 12.8 Å². The molecule has 0 radical (unpaired) electrons. The van der Waals surface area contributed by atoms with E-state index in [1.54, 1.807) is 0 Å². The van der Waals surface area contributed by atoms with Crippen LogP contribution in [0.2, 0.25) is 0 Å². The fourth-order valence-corrected chi connectivity index (χ4v) is 2.41. The third-order valence-corrected chi connectivity index (χ3v) is 3.55. The van der Waals surface area contributed by atoms with Crippen molar-refractivity contribution in [3.63, 3.8) is 0 Å². The number of phenolic OH excluding ortho intramolecular Hbond substituents is 1. The summed E-state index contributed by atoms with van der Waals surface area (Å²) in [7, 11) is 4.06. The quantitative estimate of drug-likeness (QED) is 0.839. The first-order valence-electron chi connectivity index (χ1n) is 6.37. The van der Waals surface area contributed by atoms with Gasteiger partial charge in [0.1, 0.15) is 5.75 Å². The second-order valence-corrected chi connectivity index (χ2v) is 5.10. The monoisotopic (exact) mass is 234 g/mol. The fraction of sp³-hybridized carbons (Fsp3) is 0.571. The lowest BCUT2D eigenvalue weighted by Gasteiger charge is -2.23. The van der Waals surface area contributed by atoms with Gasteiger partial charge in [0.25, 0.3) is 0 Å². The number of anilines is 1. The van der Waals surface area contributed by atoms with Gasteiger partial charge in [-0.15, -0.1) is 0 Å². The number of benzene rings is 1. The van der Waals surface area contributed by atoms with Gasteiger partial charge in [-0.3, -0.25) is 0 Å². The summed E-state index contributed by atoms with van der Waals surface area (Å²) < 4.78 is 0. The molecule has 1 aliphatic heterocycles. The molecule has 2 rings (SSSR count). The van der Waals surface area contributed by atoms with Crippen molar-refractivity contribution in [1.29, 1.82) is 0 Å². The van der Waals surface area contributed by atoms with Gasteiger partial charge in [0.15, 0.2) is 0 Å². The smallest absolute Gasteiger partial charge is 0.118 e. The number of hydrogen-bond acceptors (Lipinski definition) is 3. The molecule has 17 heavy (non-hydrogen) atoms. The van der Waals surface area contributed by atoms with Crippen LogP contribution in [0.4, 0.5) is 5.69 Å². The molecular formula is C14H22N2O. The molecule has 1 aromatic rings. The molecule has 1 aliphatic rings. The van der Waals surface area contributed by atoms with Crippen molar-refractivity contribution in [1.82, 2.24) is 5.32 Å². The van der Waals surface area contributed by atoms with E-state index in [0.29, 0.717) is 11.7 Å². The van der Waals surface area contributed by atoms with Crippen LogP contribution >= 0.6 is 0 Å². The molecule has 3 nitrogen and oxygen atoms in total. The van der Waals surface area contributed by atoms with Gasteiger partial charge in [-0.25, -0.2) is 0 Å². The van der Waals surface area contributed by atoms with Crippen molar-refractivity contribution in [2.45, 2.75) is 19.3 Å². The zero-order valence-corrected chi connectivity index (χ0v) is 10.7. The van der Waals surface area contributed by atoms with E-state index in [9.17, 15) is 5.11 Å². The number of hydrogen-bond donors (Lipinski definition) is 2. The highest BCUT2D eigenvalue weighted by Crippen LogP contribution is 2.27. The van der Waals surface area contributed by atoms with E-state index in [0.717, 1.165) is 30.8 Å². The van der Waals surface area contributed by atoms with Crippen LogP contribution in [0.25, 0.3) is 0 Å². The standard InChI is InChI=1S/C14H22N2O/c1-16(2)13-3-4-14(17)12(10-13)9-11-5-7-15-8-6-11/h3-4,10-11,15,17H,5-9H2,1-2H3. The molecule has 2 N–H and O–H groups in total. The van der Waals surface area contributed by atoms with Crippen LogP contribution in [0.5, 0.6) is 5.75 Å². The summed E-state index contributed by atoms with van der Waals surface area (Å²) in [5.74, 6) is 1.15. The first-order valence-corrected chi connectivity index (χ1v) is 6.37. The number of nitrogens with one attached hydrogen (secondary N) is 1. The summed E-state index contributed by atoms with van der Waals surface area (Å²) in [4.78, 5) is 2.07. The summed E-state index contributed by atoms with van der Waals surface area (Å²) in [5.41, 5.74) is 2.25. The van der Waals surface area contributed by atoms with Crippen molar-refractivity contribution in [3.05, 3.63) is 23.8 Å². The molecule has 0 aromatic heterocycles. The first-order chi connectivity index (χ1) is 8.16. The Morgan fingerprint density at radius 3 is 2.65 bits per heavy atom. The van der Waals surface area contributed by atoms with E-state index >= 15 is 0 Å². The van der Waals surface area contributed by atoms with E-state index < -0.39 is 0 Å². The third kappa shape index (κ3) is 3.13. The fourth-order valence-electron chi connectivity index (χ4n) is 2.41. The Labute approximate surface area is 103 Å². The van der Waals surface area contributed by atoms with E-state index in [-0.39, 0.29) is 0 Å². The van der Waals surface area contributed by atoms with E-state index in [1.807, 2.05) is 26.2 Å². The second kappa shape index (κ2) is 5.41. The van der Waals surface area contributed by atoms with Crippen LogP contribution in [-0.4, -0.2) is 32.3 Å². The zero-order chi connectivity index (χ0) is 12.3. The van der Waals surface area contributed by atoms with E-state index in [2.05, 4.69) is 16.3 Å². The van der Waals surface area contributed by atoms with Crippen molar-refractivity contribution < 1.29 is 5.11 Å². The lowest BCUT2D eigenvalue weighted by atomic mass is 9.90. The maximum atomic E-state index is 9.91.